The maximum Gasteiger partial charge on any atom is 0.0645 e. The van der Waals surface area contributed by atoms with E-state index in [9.17, 15) is 0 Å². The van der Waals surface area contributed by atoms with Gasteiger partial charge in [0.2, 0.25) is 0 Å². The first-order chi connectivity index (χ1) is 16.2. The van der Waals surface area contributed by atoms with Crippen molar-refractivity contribution in [2.45, 2.75) is 93.5 Å². The minimum atomic E-state index is 0.631. The van der Waals surface area contributed by atoms with Crippen LogP contribution < -0.4 is 0 Å². The monoisotopic (exact) mass is 457 g/mol. The molecular weight excluding hydrogens is 410 g/mol. The SMILES string of the molecule is C=C(C)c1ccccc1CCC.CCC1(CC)CC(/C(C)=C/C(C)=NCc2ccccc2C)C1. The van der Waals surface area contributed by atoms with Crippen molar-refractivity contribution in [1.29, 1.82) is 0 Å². The summed E-state index contributed by atoms with van der Waals surface area (Å²) in [5.74, 6) is 0.781. The lowest BCUT2D eigenvalue weighted by atomic mass is 9.57. The van der Waals surface area contributed by atoms with E-state index < -0.39 is 0 Å². The Hall–Kier alpha value is -2.41. The Morgan fingerprint density at radius 2 is 1.53 bits per heavy atom. The zero-order chi connectivity index (χ0) is 25.1. The average Bonchev–Trinajstić information content (AvgIpc) is 2.79. The summed E-state index contributed by atoms with van der Waals surface area (Å²) in [4.78, 5) is 4.75. The van der Waals surface area contributed by atoms with Crippen molar-refractivity contribution < 1.29 is 0 Å². The number of aryl methyl sites for hydroxylation is 2. The van der Waals surface area contributed by atoms with Crippen LogP contribution in [-0.4, -0.2) is 5.71 Å². The number of aliphatic imine (C=N–C) groups is 1. The molecule has 0 saturated heterocycles. The van der Waals surface area contributed by atoms with Gasteiger partial charge in [-0.05, 0) is 86.6 Å². The molecule has 34 heavy (non-hydrogen) atoms. The minimum absolute atomic E-state index is 0.631. The van der Waals surface area contributed by atoms with Crippen LogP contribution in [0.25, 0.3) is 5.57 Å². The van der Waals surface area contributed by atoms with Crippen molar-refractivity contribution in [3.8, 4) is 0 Å². The third-order valence-electron chi connectivity index (χ3n) is 7.70. The van der Waals surface area contributed by atoms with Crippen LogP contribution in [0.2, 0.25) is 0 Å². The highest BCUT2D eigenvalue weighted by Crippen LogP contribution is 2.53. The molecule has 0 atom stereocenters. The molecule has 1 aliphatic carbocycles. The van der Waals surface area contributed by atoms with Crippen molar-refractivity contribution in [2.24, 2.45) is 16.3 Å². The zero-order valence-corrected chi connectivity index (χ0v) is 22.9. The van der Waals surface area contributed by atoms with Crippen LogP contribution in [0.15, 0.2) is 71.8 Å². The number of rotatable bonds is 9. The molecule has 0 amide bonds. The summed E-state index contributed by atoms with van der Waals surface area (Å²) in [5.41, 5.74) is 9.87. The summed E-state index contributed by atoms with van der Waals surface area (Å²) in [6.07, 6.45) is 10.0. The minimum Gasteiger partial charge on any atom is -0.285 e. The maximum absolute atomic E-state index is 4.75. The summed E-state index contributed by atoms with van der Waals surface area (Å²) in [5, 5.41) is 0. The standard InChI is InChI=1S/C21H31N.C12H16/c1-6-21(7-2)13-20(14-21)17(4)12-18(5)22-15-19-11-9-8-10-16(19)3;1-4-7-11-8-5-6-9-12(11)10(2)3/h8-12,20H,6-7,13-15H2,1-5H3;5-6,8-9H,2,4,7H2,1,3H3/b17-12+,22-18?;. The second-order valence-corrected chi connectivity index (χ2v) is 10.3. The van der Waals surface area contributed by atoms with E-state index >= 15 is 0 Å². The third kappa shape index (κ3) is 7.83. The molecule has 0 unspecified atom stereocenters. The Labute approximate surface area is 210 Å². The molecule has 0 aliphatic heterocycles. The summed E-state index contributed by atoms with van der Waals surface area (Å²) in [7, 11) is 0. The molecule has 184 valence electrons. The Balaban J connectivity index is 0.000000287. The van der Waals surface area contributed by atoms with Crippen LogP contribution in [0, 0.1) is 18.3 Å². The largest absolute Gasteiger partial charge is 0.285 e. The first-order valence-electron chi connectivity index (χ1n) is 13.2. The van der Waals surface area contributed by atoms with Gasteiger partial charge in [-0.25, -0.2) is 0 Å². The highest BCUT2D eigenvalue weighted by molar-refractivity contribution is 5.93. The molecule has 1 saturated carbocycles. The molecule has 0 heterocycles. The van der Waals surface area contributed by atoms with Gasteiger partial charge in [-0.1, -0.05) is 106 Å². The van der Waals surface area contributed by atoms with Gasteiger partial charge in [0.1, 0.15) is 0 Å². The Kier molecular flexibility index (Phi) is 11.0. The first-order valence-corrected chi connectivity index (χ1v) is 13.2. The van der Waals surface area contributed by atoms with E-state index in [1.54, 1.807) is 0 Å². The second kappa shape index (κ2) is 13.5. The Bertz CT molecular complexity index is 979. The smallest absolute Gasteiger partial charge is 0.0645 e. The molecule has 2 aromatic rings. The predicted molar refractivity (Wildman–Crippen MR) is 153 cm³/mol. The molecule has 0 aromatic heterocycles. The predicted octanol–water partition coefficient (Wildman–Crippen LogP) is 9.79. The Morgan fingerprint density at radius 3 is 2.09 bits per heavy atom. The summed E-state index contributed by atoms with van der Waals surface area (Å²) >= 11 is 0. The van der Waals surface area contributed by atoms with Crippen LogP contribution in [0.1, 0.15) is 95.9 Å². The molecular formula is C33H47N. The molecule has 1 heteroatoms. The van der Waals surface area contributed by atoms with Gasteiger partial charge in [-0.2, -0.15) is 0 Å². The van der Waals surface area contributed by atoms with Gasteiger partial charge in [-0.15, -0.1) is 0 Å². The highest BCUT2D eigenvalue weighted by Gasteiger charge is 2.41. The Morgan fingerprint density at radius 1 is 0.941 bits per heavy atom. The summed E-state index contributed by atoms with van der Waals surface area (Å²) in [6.45, 7) is 20.3. The van der Waals surface area contributed by atoms with E-state index in [4.69, 9.17) is 4.99 Å². The fourth-order valence-electron chi connectivity index (χ4n) is 5.05. The molecule has 1 aliphatic rings. The number of nitrogens with zero attached hydrogens (tertiary/aromatic N) is 1. The second-order valence-electron chi connectivity index (χ2n) is 10.3. The van der Waals surface area contributed by atoms with Crippen molar-refractivity contribution in [1.82, 2.24) is 0 Å². The fourth-order valence-corrected chi connectivity index (χ4v) is 5.05. The molecule has 0 radical (unpaired) electrons. The van der Waals surface area contributed by atoms with Crippen LogP contribution in [0.3, 0.4) is 0 Å². The quantitative estimate of drug-likeness (QED) is 0.332. The van der Waals surface area contributed by atoms with Crippen LogP contribution >= 0.6 is 0 Å². The lowest BCUT2D eigenvalue weighted by molar-refractivity contribution is 0.0668. The fraction of sp³-hybridized carbons (Fsp3) is 0.485. The van der Waals surface area contributed by atoms with E-state index in [1.807, 2.05) is 0 Å². The zero-order valence-electron chi connectivity index (χ0n) is 22.9. The van der Waals surface area contributed by atoms with E-state index in [-0.39, 0.29) is 0 Å². The topological polar surface area (TPSA) is 12.4 Å². The van der Waals surface area contributed by atoms with Crippen molar-refractivity contribution in [3.05, 3.63) is 89.0 Å². The van der Waals surface area contributed by atoms with Crippen LogP contribution in [0.4, 0.5) is 0 Å². The number of benzene rings is 2. The van der Waals surface area contributed by atoms with Gasteiger partial charge in [0, 0.05) is 5.71 Å². The molecule has 3 rings (SSSR count). The van der Waals surface area contributed by atoms with Gasteiger partial charge in [0.25, 0.3) is 0 Å². The van der Waals surface area contributed by atoms with Crippen molar-refractivity contribution in [2.75, 3.05) is 0 Å². The molecule has 2 aromatic carbocycles. The van der Waals surface area contributed by atoms with Gasteiger partial charge in [0.05, 0.1) is 6.54 Å². The van der Waals surface area contributed by atoms with Gasteiger partial charge < -0.3 is 0 Å². The number of allylic oxidation sites excluding steroid dienone is 3. The molecule has 0 spiro atoms. The van der Waals surface area contributed by atoms with Crippen molar-refractivity contribution in [3.63, 3.8) is 0 Å². The van der Waals surface area contributed by atoms with Crippen LogP contribution in [-0.2, 0) is 13.0 Å². The lowest BCUT2D eigenvalue weighted by Gasteiger charge is -2.48. The van der Waals surface area contributed by atoms with Gasteiger partial charge >= 0.3 is 0 Å². The van der Waals surface area contributed by atoms with E-state index in [0.29, 0.717) is 5.41 Å². The van der Waals surface area contributed by atoms with E-state index in [1.165, 1.54) is 65.5 Å². The average molecular weight is 458 g/mol. The molecule has 1 nitrogen and oxygen atoms in total. The maximum atomic E-state index is 4.75. The highest BCUT2D eigenvalue weighted by atomic mass is 14.7. The van der Waals surface area contributed by atoms with Gasteiger partial charge in [0.15, 0.2) is 0 Å². The number of hydrogen-bond donors (Lipinski definition) is 0. The first kappa shape index (κ1) is 27.8. The van der Waals surface area contributed by atoms with E-state index in [0.717, 1.165) is 24.6 Å². The summed E-state index contributed by atoms with van der Waals surface area (Å²) < 4.78 is 0. The van der Waals surface area contributed by atoms with Crippen LogP contribution in [0.5, 0.6) is 0 Å². The van der Waals surface area contributed by atoms with E-state index in [2.05, 4.69) is 110 Å². The van der Waals surface area contributed by atoms with Gasteiger partial charge in [-0.3, -0.25) is 4.99 Å². The van der Waals surface area contributed by atoms with Crippen molar-refractivity contribution >= 4 is 11.3 Å². The summed E-state index contributed by atoms with van der Waals surface area (Å²) in [6, 6.07) is 17.0. The molecule has 1 fully saturated rings. The lowest BCUT2D eigenvalue weighted by Crippen LogP contribution is -2.36. The third-order valence-corrected chi connectivity index (χ3v) is 7.70. The normalized spacial score (nSPS) is 15.9. The number of hydrogen-bond acceptors (Lipinski definition) is 1. The molecule has 0 N–H and O–H groups in total. The molecule has 0 bridgehead atoms.